The van der Waals surface area contributed by atoms with Gasteiger partial charge >= 0.3 is 0 Å². The van der Waals surface area contributed by atoms with E-state index in [1.807, 2.05) is 30.6 Å². The first-order chi connectivity index (χ1) is 14.1. The second-order valence-electron chi connectivity index (χ2n) is 6.96. The van der Waals surface area contributed by atoms with Crippen LogP contribution in [0.15, 0.2) is 73.3 Å². The van der Waals surface area contributed by atoms with Crippen molar-refractivity contribution in [3.05, 3.63) is 84.4 Å². The Morgan fingerprint density at radius 2 is 1.76 bits per heavy atom. The Labute approximate surface area is 166 Å². The number of benzene rings is 2. The number of pyridine rings is 1. The Morgan fingerprint density at radius 1 is 0.931 bits per heavy atom. The second kappa shape index (κ2) is 6.53. The lowest BCUT2D eigenvalue weighted by Crippen LogP contribution is -2.11. The highest BCUT2D eigenvalue weighted by Crippen LogP contribution is 2.31. The molecule has 5 rings (SSSR count). The van der Waals surface area contributed by atoms with Crippen molar-refractivity contribution < 1.29 is 4.79 Å². The number of fused-ring (bicyclic) bond motifs is 2. The van der Waals surface area contributed by atoms with Crippen LogP contribution in [0.2, 0.25) is 0 Å². The van der Waals surface area contributed by atoms with Crippen LogP contribution in [0.5, 0.6) is 0 Å². The topological polar surface area (TPSA) is 86.2 Å². The summed E-state index contributed by atoms with van der Waals surface area (Å²) < 4.78 is 1.77. The number of para-hydroxylation sites is 1. The van der Waals surface area contributed by atoms with Gasteiger partial charge in [-0.3, -0.25) is 9.78 Å². The summed E-state index contributed by atoms with van der Waals surface area (Å²) in [5, 5.41) is 5.34. The Bertz CT molecular complexity index is 1390. The molecule has 2 N–H and O–H groups in total. The molecule has 0 aliphatic carbocycles. The standard InChI is InChI=1S/C23H17N5O/c1-14-5-7-15(8-6-14)16-11-26-23-20(12-27-28(23)13-16)17-9-10-25-21-18(17)3-2-4-19(21)22(24)29/h2-13H,1H3,(H2,24,29). The SMILES string of the molecule is Cc1ccc(-c2cnc3c(-c4ccnc5c(C(N)=O)cccc45)cnn3c2)cc1. The van der Waals surface area contributed by atoms with E-state index in [1.165, 1.54) is 5.56 Å². The molecule has 6 nitrogen and oxygen atoms in total. The zero-order valence-corrected chi connectivity index (χ0v) is 15.7. The van der Waals surface area contributed by atoms with E-state index < -0.39 is 5.91 Å². The van der Waals surface area contributed by atoms with Crippen LogP contribution in [0.3, 0.4) is 0 Å². The molecule has 6 heteroatoms. The number of aryl methyl sites for hydroxylation is 1. The van der Waals surface area contributed by atoms with Gasteiger partial charge in [-0.05, 0) is 30.2 Å². The van der Waals surface area contributed by atoms with Gasteiger partial charge in [0.15, 0.2) is 5.65 Å². The number of carbonyl (C=O) groups is 1. The molecule has 0 unspecified atom stereocenters. The Balaban J connectivity index is 1.68. The molecule has 5 aromatic rings. The number of nitrogens with zero attached hydrogens (tertiary/aromatic N) is 4. The van der Waals surface area contributed by atoms with E-state index in [9.17, 15) is 4.79 Å². The average molecular weight is 379 g/mol. The molecule has 0 fully saturated rings. The molecule has 140 valence electrons. The number of amides is 1. The highest BCUT2D eigenvalue weighted by Gasteiger charge is 2.15. The van der Waals surface area contributed by atoms with Crippen LogP contribution in [0.25, 0.3) is 38.8 Å². The second-order valence-corrected chi connectivity index (χ2v) is 6.96. The number of nitrogens with two attached hydrogens (primary N) is 1. The van der Waals surface area contributed by atoms with Crippen molar-refractivity contribution in [1.29, 1.82) is 0 Å². The van der Waals surface area contributed by atoms with E-state index in [0.29, 0.717) is 11.1 Å². The van der Waals surface area contributed by atoms with E-state index in [1.54, 1.807) is 23.0 Å². The van der Waals surface area contributed by atoms with Gasteiger partial charge in [0.25, 0.3) is 5.91 Å². The van der Waals surface area contributed by atoms with Crippen molar-refractivity contribution in [2.45, 2.75) is 6.92 Å². The van der Waals surface area contributed by atoms with Gasteiger partial charge in [-0.1, -0.05) is 42.0 Å². The maximum absolute atomic E-state index is 11.8. The third-order valence-corrected chi connectivity index (χ3v) is 5.07. The fourth-order valence-corrected chi connectivity index (χ4v) is 3.57. The van der Waals surface area contributed by atoms with Gasteiger partial charge in [-0.15, -0.1) is 0 Å². The largest absolute Gasteiger partial charge is 0.366 e. The van der Waals surface area contributed by atoms with Crippen molar-refractivity contribution >= 4 is 22.5 Å². The molecule has 29 heavy (non-hydrogen) atoms. The van der Waals surface area contributed by atoms with Crippen LogP contribution in [-0.2, 0) is 0 Å². The van der Waals surface area contributed by atoms with E-state index >= 15 is 0 Å². The molecular weight excluding hydrogens is 362 g/mol. The lowest BCUT2D eigenvalue weighted by molar-refractivity contribution is 0.100. The molecule has 0 spiro atoms. The van der Waals surface area contributed by atoms with Gasteiger partial charge in [0.1, 0.15) is 0 Å². The first kappa shape index (κ1) is 17.1. The van der Waals surface area contributed by atoms with Crippen LogP contribution >= 0.6 is 0 Å². The van der Waals surface area contributed by atoms with Gasteiger partial charge in [0.05, 0.1) is 17.3 Å². The Morgan fingerprint density at radius 3 is 2.55 bits per heavy atom. The average Bonchev–Trinajstić information content (AvgIpc) is 3.16. The summed E-state index contributed by atoms with van der Waals surface area (Å²) >= 11 is 0. The minimum atomic E-state index is -0.499. The Hall–Kier alpha value is -4.06. The molecule has 2 aromatic carbocycles. The van der Waals surface area contributed by atoms with Gasteiger partial charge in [-0.25, -0.2) is 9.50 Å². The van der Waals surface area contributed by atoms with Crippen LogP contribution in [0.4, 0.5) is 0 Å². The normalized spacial score (nSPS) is 11.2. The van der Waals surface area contributed by atoms with E-state index in [2.05, 4.69) is 46.3 Å². The molecular formula is C23H17N5O. The summed E-state index contributed by atoms with van der Waals surface area (Å²) in [7, 11) is 0. The fourth-order valence-electron chi connectivity index (χ4n) is 3.57. The van der Waals surface area contributed by atoms with Crippen LogP contribution in [0.1, 0.15) is 15.9 Å². The summed E-state index contributed by atoms with van der Waals surface area (Å²) in [6.07, 6.45) is 7.28. The number of hydrogen-bond acceptors (Lipinski definition) is 4. The van der Waals surface area contributed by atoms with Crippen molar-refractivity contribution in [2.75, 3.05) is 0 Å². The summed E-state index contributed by atoms with van der Waals surface area (Å²) in [6, 6.07) is 15.6. The van der Waals surface area contributed by atoms with Crippen molar-refractivity contribution in [3.63, 3.8) is 0 Å². The zero-order valence-electron chi connectivity index (χ0n) is 15.7. The molecule has 3 heterocycles. The molecule has 0 saturated carbocycles. The lowest BCUT2D eigenvalue weighted by atomic mass is 10.0. The van der Waals surface area contributed by atoms with Crippen molar-refractivity contribution in [3.8, 4) is 22.3 Å². The van der Waals surface area contributed by atoms with Crippen molar-refractivity contribution in [1.82, 2.24) is 19.6 Å². The third kappa shape index (κ3) is 2.82. The molecule has 3 aromatic heterocycles. The van der Waals surface area contributed by atoms with Crippen LogP contribution in [-0.4, -0.2) is 25.5 Å². The predicted octanol–water partition coefficient (Wildman–Crippen LogP) is 4.02. The number of aromatic nitrogens is 4. The summed E-state index contributed by atoms with van der Waals surface area (Å²) in [4.78, 5) is 20.8. The zero-order chi connectivity index (χ0) is 20.0. The first-order valence-electron chi connectivity index (χ1n) is 9.20. The van der Waals surface area contributed by atoms with E-state index in [4.69, 9.17) is 5.73 Å². The molecule has 0 aliphatic heterocycles. The predicted molar refractivity (Wildman–Crippen MR) is 112 cm³/mol. The molecule has 0 saturated heterocycles. The minimum Gasteiger partial charge on any atom is -0.366 e. The molecule has 0 radical (unpaired) electrons. The van der Waals surface area contributed by atoms with Gasteiger partial charge < -0.3 is 5.73 Å². The summed E-state index contributed by atoms with van der Waals surface area (Å²) in [5.74, 6) is -0.499. The minimum absolute atomic E-state index is 0.399. The van der Waals surface area contributed by atoms with Gasteiger partial charge in [-0.2, -0.15) is 5.10 Å². The lowest BCUT2D eigenvalue weighted by Gasteiger charge is -2.07. The maximum atomic E-state index is 11.8. The maximum Gasteiger partial charge on any atom is 0.250 e. The van der Waals surface area contributed by atoms with E-state index in [0.717, 1.165) is 33.3 Å². The summed E-state index contributed by atoms with van der Waals surface area (Å²) in [5.41, 5.74) is 12.3. The third-order valence-electron chi connectivity index (χ3n) is 5.07. The molecule has 1 amide bonds. The molecule has 0 bridgehead atoms. The monoisotopic (exact) mass is 379 g/mol. The highest BCUT2D eigenvalue weighted by atomic mass is 16.1. The summed E-state index contributed by atoms with van der Waals surface area (Å²) in [6.45, 7) is 2.06. The molecule has 0 aliphatic rings. The van der Waals surface area contributed by atoms with Crippen LogP contribution in [0, 0.1) is 6.92 Å². The Kier molecular flexibility index (Phi) is 3.84. The number of primary amides is 1. The first-order valence-corrected chi connectivity index (χ1v) is 9.20. The van der Waals surface area contributed by atoms with Crippen molar-refractivity contribution in [2.24, 2.45) is 5.73 Å². The fraction of sp³-hybridized carbons (Fsp3) is 0.0435. The number of rotatable bonds is 3. The number of carbonyl (C=O) groups excluding carboxylic acids is 1. The quantitative estimate of drug-likeness (QED) is 0.513. The van der Waals surface area contributed by atoms with Gasteiger partial charge in [0.2, 0.25) is 0 Å². The van der Waals surface area contributed by atoms with Crippen LogP contribution < -0.4 is 5.73 Å². The van der Waals surface area contributed by atoms with E-state index in [-0.39, 0.29) is 0 Å². The molecule has 0 atom stereocenters. The van der Waals surface area contributed by atoms with Gasteiger partial charge in [0, 0.05) is 35.1 Å². The smallest absolute Gasteiger partial charge is 0.250 e. The number of hydrogen-bond donors (Lipinski definition) is 1. The highest BCUT2D eigenvalue weighted by molar-refractivity contribution is 6.08.